The molecule has 36 heavy (non-hydrogen) atoms. The molecule has 0 aliphatic heterocycles. The number of carbonyl (C=O) groups excluding carboxylic acids is 2. The van der Waals surface area contributed by atoms with Gasteiger partial charge in [0, 0.05) is 16.9 Å². The number of anilines is 3. The summed E-state index contributed by atoms with van der Waals surface area (Å²) in [6.07, 6.45) is 0.977. The molecule has 0 radical (unpaired) electrons. The number of benzene rings is 3. The standard InChI is InChI=1S/C27H30FN3O4S/c1-18(31(36(5,34)35)24-15-13-21(28)14-16-24)25(32)29-22-7-6-8-23(17-22)30-26(33)19-9-11-20(12-10-19)27(2,3)4/h6-18H,1-5H3,(H,29,32)(H,30,33). The molecule has 0 aliphatic rings. The lowest BCUT2D eigenvalue weighted by Gasteiger charge is -2.28. The summed E-state index contributed by atoms with van der Waals surface area (Å²) in [4.78, 5) is 25.6. The molecule has 0 fully saturated rings. The van der Waals surface area contributed by atoms with Crippen molar-refractivity contribution in [3.8, 4) is 0 Å². The molecule has 0 spiro atoms. The number of carbonyl (C=O) groups is 2. The topological polar surface area (TPSA) is 95.6 Å². The summed E-state index contributed by atoms with van der Waals surface area (Å²) in [6.45, 7) is 7.72. The smallest absolute Gasteiger partial charge is 0.255 e. The van der Waals surface area contributed by atoms with Gasteiger partial charge in [0.1, 0.15) is 11.9 Å². The normalized spacial score (nSPS) is 12.5. The van der Waals surface area contributed by atoms with Crippen LogP contribution in [-0.4, -0.2) is 32.5 Å². The maximum Gasteiger partial charge on any atom is 0.255 e. The SMILES string of the molecule is CC(C(=O)Nc1cccc(NC(=O)c2ccc(C(C)(C)C)cc2)c1)N(c1ccc(F)cc1)S(C)(=O)=O. The molecular weight excluding hydrogens is 481 g/mol. The molecule has 0 aliphatic carbocycles. The van der Waals surface area contributed by atoms with Gasteiger partial charge in [0.25, 0.3) is 5.91 Å². The molecule has 9 heteroatoms. The number of rotatable bonds is 7. The summed E-state index contributed by atoms with van der Waals surface area (Å²) in [5, 5.41) is 5.49. The Kier molecular flexibility index (Phi) is 7.83. The van der Waals surface area contributed by atoms with Crippen LogP contribution in [0.4, 0.5) is 21.5 Å². The Labute approximate surface area is 211 Å². The average Bonchev–Trinajstić information content (AvgIpc) is 2.79. The van der Waals surface area contributed by atoms with Crippen LogP contribution in [-0.2, 0) is 20.2 Å². The summed E-state index contributed by atoms with van der Waals surface area (Å²) in [7, 11) is -3.84. The zero-order valence-electron chi connectivity index (χ0n) is 20.9. The van der Waals surface area contributed by atoms with Crippen molar-refractivity contribution < 1.29 is 22.4 Å². The van der Waals surface area contributed by atoms with Crippen molar-refractivity contribution in [2.24, 2.45) is 0 Å². The van der Waals surface area contributed by atoms with Gasteiger partial charge >= 0.3 is 0 Å². The minimum Gasteiger partial charge on any atom is -0.324 e. The zero-order chi connectivity index (χ0) is 26.7. The third kappa shape index (κ3) is 6.69. The molecule has 0 aromatic heterocycles. The predicted molar refractivity (Wildman–Crippen MR) is 141 cm³/mol. The van der Waals surface area contributed by atoms with Crippen molar-refractivity contribution in [1.29, 1.82) is 0 Å². The number of sulfonamides is 1. The molecule has 190 valence electrons. The van der Waals surface area contributed by atoms with Gasteiger partial charge in [-0.2, -0.15) is 0 Å². The molecule has 0 heterocycles. The fourth-order valence-corrected chi connectivity index (χ4v) is 4.82. The predicted octanol–water partition coefficient (Wildman–Crippen LogP) is 5.17. The molecule has 3 aromatic carbocycles. The second kappa shape index (κ2) is 10.5. The summed E-state index contributed by atoms with van der Waals surface area (Å²) < 4.78 is 39.1. The summed E-state index contributed by atoms with van der Waals surface area (Å²) in [6, 6.07) is 17.6. The van der Waals surface area contributed by atoms with E-state index in [9.17, 15) is 22.4 Å². The van der Waals surface area contributed by atoms with Crippen LogP contribution in [0.3, 0.4) is 0 Å². The highest BCUT2D eigenvalue weighted by molar-refractivity contribution is 7.92. The first-order valence-corrected chi connectivity index (χ1v) is 13.2. The van der Waals surface area contributed by atoms with Crippen LogP contribution >= 0.6 is 0 Å². The van der Waals surface area contributed by atoms with Crippen LogP contribution in [0.15, 0.2) is 72.8 Å². The second-order valence-corrected chi connectivity index (χ2v) is 11.4. The van der Waals surface area contributed by atoms with E-state index in [1.807, 2.05) is 12.1 Å². The van der Waals surface area contributed by atoms with Gasteiger partial charge in [-0.05, 0) is 72.5 Å². The van der Waals surface area contributed by atoms with Crippen LogP contribution in [0.1, 0.15) is 43.6 Å². The van der Waals surface area contributed by atoms with Gasteiger partial charge in [0.15, 0.2) is 0 Å². The van der Waals surface area contributed by atoms with E-state index < -0.39 is 27.8 Å². The van der Waals surface area contributed by atoms with Crippen LogP contribution in [0, 0.1) is 5.82 Å². The molecule has 3 aromatic rings. The van der Waals surface area contributed by atoms with Gasteiger partial charge in [-0.15, -0.1) is 0 Å². The van der Waals surface area contributed by atoms with Crippen molar-refractivity contribution >= 4 is 38.9 Å². The van der Waals surface area contributed by atoms with Gasteiger partial charge < -0.3 is 10.6 Å². The van der Waals surface area contributed by atoms with Crippen LogP contribution < -0.4 is 14.9 Å². The lowest BCUT2D eigenvalue weighted by atomic mass is 9.87. The van der Waals surface area contributed by atoms with Crippen LogP contribution in [0.25, 0.3) is 0 Å². The number of halogens is 1. The van der Waals surface area contributed by atoms with E-state index in [0.29, 0.717) is 16.9 Å². The van der Waals surface area contributed by atoms with Crippen molar-refractivity contribution in [3.63, 3.8) is 0 Å². The third-order valence-corrected chi connectivity index (χ3v) is 6.81. The summed E-state index contributed by atoms with van der Waals surface area (Å²) >= 11 is 0. The molecule has 0 bridgehead atoms. The first-order valence-electron chi connectivity index (χ1n) is 11.3. The van der Waals surface area contributed by atoms with Gasteiger partial charge in [-0.3, -0.25) is 13.9 Å². The minimum atomic E-state index is -3.84. The maximum atomic E-state index is 13.3. The minimum absolute atomic E-state index is 0.0257. The van der Waals surface area contributed by atoms with Crippen LogP contribution in [0.5, 0.6) is 0 Å². The van der Waals surface area contributed by atoms with E-state index in [-0.39, 0.29) is 17.0 Å². The van der Waals surface area contributed by atoms with Crippen molar-refractivity contribution in [2.45, 2.75) is 39.2 Å². The highest BCUT2D eigenvalue weighted by Crippen LogP contribution is 2.24. The van der Waals surface area contributed by atoms with E-state index in [4.69, 9.17) is 0 Å². The second-order valence-electron chi connectivity index (χ2n) is 9.56. The molecule has 2 amide bonds. The van der Waals surface area contributed by atoms with Crippen LogP contribution in [0.2, 0.25) is 0 Å². The maximum absolute atomic E-state index is 13.3. The summed E-state index contributed by atoms with van der Waals surface area (Å²) in [5.41, 5.74) is 2.59. The van der Waals surface area contributed by atoms with E-state index in [1.54, 1.807) is 36.4 Å². The quantitative estimate of drug-likeness (QED) is 0.458. The van der Waals surface area contributed by atoms with E-state index in [1.165, 1.54) is 19.1 Å². The van der Waals surface area contributed by atoms with Crippen molar-refractivity contribution in [2.75, 3.05) is 21.2 Å². The Hall–Kier alpha value is -3.72. The Morgan fingerprint density at radius 3 is 1.97 bits per heavy atom. The lowest BCUT2D eigenvalue weighted by Crippen LogP contribution is -2.45. The Bertz CT molecular complexity index is 1350. The molecule has 1 unspecified atom stereocenters. The lowest BCUT2D eigenvalue weighted by molar-refractivity contribution is -0.116. The number of nitrogens with zero attached hydrogens (tertiary/aromatic N) is 1. The molecular formula is C27H30FN3O4S. The highest BCUT2D eigenvalue weighted by Gasteiger charge is 2.29. The van der Waals surface area contributed by atoms with Gasteiger partial charge in [0.2, 0.25) is 15.9 Å². The first kappa shape index (κ1) is 26.9. The Balaban J connectivity index is 1.73. The van der Waals surface area contributed by atoms with Crippen molar-refractivity contribution in [3.05, 3.63) is 89.7 Å². The van der Waals surface area contributed by atoms with E-state index in [2.05, 4.69) is 31.4 Å². The largest absolute Gasteiger partial charge is 0.324 e. The fourth-order valence-electron chi connectivity index (χ4n) is 3.64. The molecule has 1 atom stereocenters. The van der Waals surface area contributed by atoms with Crippen molar-refractivity contribution in [1.82, 2.24) is 0 Å². The number of amides is 2. The monoisotopic (exact) mass is 511 g/mol. The van der Waals surface area contributed by atoms with Gasteiger partial charge in [-0.25, -0.2) is 12.8 Å². The van der Waals surface area contributed by atoms with Gasteiger partial charge in [0.05, 0.1) is 11.9 Å². The molecule has 0 saturated carbocycles. The summed E-state index contributed by atoms with van der Waals surface area (Å²) in [5.74, 6) is -1.41. The van der Waals surface area contributed by atoms with E-state index in [0.717, 1.165) is 28.3 Å². The Morgan fingerprint density at radius 2 is 1.44 bits per heavy atom. The van der Waals surface area contributed by atoms with Gasteiger partial charge in [-0.1, -0.05) is 39.0 Å². The highest BCUT2D eigenvalue weighted by atomic mass is 32.2. The Morgan fingerprint density at radius 1 is 0.889 bits per heavy atom. The zero-order valence-corrected chi connectivity index (χ0v) is 21.7. The molecule has 7 nitrogen and oxygen atoms in total. The van der Waals surface area contributed by atoms with E-state index >= 15 is 0 Å². The number of nitrogens with one attached hydrogen (secondary N) is 2. The number of hydrogen-bond donors (Lipinski definition) is 2. The third-order valence-electron chi connectivity index (χ3n) is 5.57. The average molecular weight is 512 g/mol. The fraction of sp³-hybridized carbons (Fsp3) is 0.259. The molecule has 3 rings (SSSR count). The first-order chi connectivity index (χ1) is 16.8. The molecule has 2 N–H and O–H groups in total. The number of hydrogen-bond acceptors (Lipinski definition) is 4. The molecule has 0 saturated heterocycles.